The molecule has 1 aliphatic heterocycles. The summed E-state index contributed by atoms with van der Waals surface area (Å²) in [6, 6.07) is 13.0. The van der Waals surface area contributed by atoms with Crippen LogP contribution >= 0.6 is 0 Å². The van der Waals surface area contributed by atoms with Gasteiger partial charge in [-0.05, 0) is 43.0 Å². The van der Waals surface area contributed by atoms with E-state index in [2.05, 4.69) is 5.32 Å². The van der Waals surface area contributed by atoms with Crippen LogP contribution in [0.15, 0.2) is 48.5 Å². The first-order valence-electron chi connectivity index (χ1n) is 9.13. The van der Waals surface area contributed by atoms with Crippen molar-refractivity contribution in [2.24, 2.45) is 0 Å². The van der Waals surface area contributed by atoms with Gasteiger partial charge in [-0.1, -0.05) is 36.4 Å². The Morgan fingerprint density at radius 1 is 1.04 bits per heavy atom. The summed E-state index contributed by atoms with van der Waals surface area (Å²) in [4.78, 5) is 0. The van der Waals surface area contributed by atoms with Gasteiger partial charge in [-0.15, -0.1) is 0 Å². The van der Waals surface area contributed by atoms with E-state index < -0.39 is 21.7 Å². The SMILES string of the molecule is O=S(=O)(Cc1ccccc1)N1CCC(NCCc2ccc(F)cc2F)CC1. The van der Waals surface area contributed by atoms with Crippen LogP contribution in [0.2, 0.25) is 0 Å². The van der Waals surface area contributed by atoms with Gasteiger partial charge in [-0.3, -0.25) is 0 Å². The van der Waals surface area contributed by atoms with Gasteiger partial charge in [-0.25, -0.2) is 21.5 Å². The van der Waals surface area contributed by atoms with Crippen molar-refractivity contribution in [3.8, 4) is 0 Å². The molecule has 1 aliphatic rings. The van der Waals surface area contributed by atoms with E-state index in [1.807, 2.05) is 30.3 Å². The molecule has 3 rings (SSSR count). The second-order valence-corrected chi connectivity index (χ2v) is 8.82. The number of piperidine rings is 1. The number of nitrogens with one attached hydrogen (secondary N) is 1. The van der Waals surface area contributed by atoms with Crippen molar-refractivity contribution in [3.05, 3.63) is 71.3 Å². The third-order valence-corrected chi connectivity index (χ3v) is 6.73. The number of sulfonamides is 1. The highest BCUT2D eigenvalue weighted by molar-refractivity contribution is 7.88. The molecule has 0 bridgehead atoms. The summed E-state index contributed by atoms with van der Waals surface area (Å²) >= 11 is 0. The van der Waals surface area contributed by atoms with Crippen LogP contribution < -0.4 is 5.32 Å². The summed E-state index contributed by atoms with van der Waals surface area (Å²) in [6.07, 6.45) is 1.92. The summed E-state index contributed by atoms with van der Waals surface area (Å²) in [6.45, 7) is 1.54. The molecule has 1 saturated heterocycles. The molecule has 2 aromatic rings. The third-order valence-electron chi connectivity index (χ3n) is 4.88. The number of halogens is 2. The predicted octanol–water partition coefficient (Wildman–Crippen LogP) is 3.09. The van der Waals surface area contributed by atoms with Gasteiger partial charge in [0.15, 0.2) is 0 Å². The first-order chi connectivity index (χ1) is 12.9. The quantitative estimate of drug-likeness (QED) is 0.785. The van der Waals surface area contributed by atoms with E-state index >= 15 is 0 Å². The minimum atomic E-state index is -3.31. The fraction of sp³-hybridized carbons (Fsp3) is 0.400. The Bertz CT molecular complexity index is 852. The van der Waals surface area contributed by atoms with Crippen LogP contribution in [0.5, 0.6) is 0 Å². The summed E-state index contributed by atoms with van der Waals surface area (Å²) in [5.74, 6) is -1.08. The molecule has 0 amide bonds. The van der Waals surface area contributed by atoms with Crippen molar-refractivity contribution in [2.75, 3.05) is 19.6 Å². The lowest BCUT2D eigenvalue weighted by Crippen LogP contribution is -2.45. The van der Waals surface area contributed by atoms with Crippen LogP contribution in [0.4, 0.5) is 8.78 Å². The van der Waals surface area contributed by atoms with Crippen molar-refractivity contribution in [1.82, 2.24) is 9.62 Å². The highest BCUT2D eigenvalue weighted by Crippen LogP contribution is 2.18. The van der Waals surface area contributed by atoms with Gasteiger partial charge in [0.1, 0.15) is 11.6 Å². The second kappa shape index (κ2) is 8.91. The van der Waals surface area contributed by atoms with Crippen molar-refractivity contribution >= 4 is 10.0 Å². The normalized spacial score (nSPS) is 16.5. The number of benzene rings is 2. The summed E-state index contributed by atoms with van der Waals surface area (Å²) in [7, 11) is -3.31. The van der Waals surface area contributed by atoms with E-state index in [-0.39, 0.29) is 11.8 Å². The molecular formula is C20H24F2N2O2S. The summed E-state index contributed by atoms with van der Waals surface area (Å²) < 4.78 is 53.2. The number of nitrogens with zero attached hydrogens (tertiary/aromatic N) is 1. The Hall–Kier alpha value is -1.83. The molecule has 0 aliphatic carbocycles. The van der Waals surface area contributed by atoms with Gasteiger partial charge in [-0.2, -0.15) is 0 Å². The molecule has 146 valence electrons. The molecule has 0 spiro atoms. The lowest BCUT2D eigenvalue weighted by Gasteiger charge is -2.31. The van der Waals surface area contributed by atoms with Crippen molar-refractivity contribution in [3.63, 3.8) is 0 Å². The van der Waals surface area contributed by atoms with Crippen LogP contribution in [0.1, 0.15) is 24.0 Å². The van der Waals surface area contributed by atoms with E-state index in [0.717, 1.165) is 24.5 Å². The average molecular weight is 394 g/mol. The number of hydrogen-bond acceptors (Lipinski definition) is 3. The standard InChI is InChI=1S/C20H24F2N2O2S/c21-18-7-6-17(20(22)14-18)8-11-23-19-9-12-24(13-10-19)27(25,26)15-16-4-2-1-3-5-16/h1-7,14,19,23H,8-13,15H2. The van der Waals surface area contributed by atoms with E-state index in [4.69, 9.17) is 0 Å². The number of hydrogen-bond donors (Lipinski definition) is 1. The Morgan fingerprint density at radius 3 is 2.41 bits per heavy atom. The Labute approximate surface area is 159 Å². The van der Waals surface area contributed by atoms with Gasteiger partial charge in [0.25, 0.3) is 0 Å². The zero-order valence-corrected chi connectivity index (χ0v) is 15.9. The molecule has 0 atom stereocenters. The molecule has 4 nitrogen and oxygen atoms in total. The van der Waals surface area contributed by atoms with Crippen molar-refractivity contribution < 1.29 is 17.2 Å². The van der Waals surface area contributed by atoms with Crippen LogP contribution in [-0.4, -0.2) is 38.4 Å². The van der Waals surface area contributed by atoms with Gasteiger partial charge >= 0.3 is 0 Å². The first-order valence-corrected chi connectivity index (χ1v) is 10.7. The summed E-state index contributed by atoms with van der Waals surface area (Å²) in [5.41, 5.74) is 1.27. The second-order valence-electron chi connectivity index (χ2n) is 6.85. The molecule has 1 heterocycles. The Kier molecular flexibility index (Phi) is 6.57. The maximum atomic E-state index is 13.6. The highest BCUT2D eigenvalue weighted by Gasteiger charge is 2.27. The zero-order valence-electron chi connectivity index (χ0n) is 15.1. The van der Waals surface area contributed by atoms with E-state index in [1.54, 1.807) is 4.31 Å². The van der Waals surface area contributed by atoms with Gasteiger partial charge in [0, 0.05) is 25.2 Å². The predicted molar refractivity (Wildman–Crippen MR) is 102 cm³/mol. The molecule has 0 unspecified atom stereocenters. The Morgan fingerprint density at radius 2 is 1.74 bits per heavy atom. The van der Waals surface area contributed by atoms with E-state index in [1.165, 1.54) is 12.1 Å². The lowest BCUT2D eigenvalue weighted by molar-refractivity contribution is 0.290. The maximum absolute atomic E-state index is 13.6. The average Bonchev–Trinajstić information content (AvgIpc) is 2.64. The molecule has 1 fully saturated rings. The first kappa shape index (κ1) is 19.9. The van der Waals surface area contributed by atoms with Crippen LogP contribution in [0.25, 0.3) is 0 Å². The minimum absolute atomic E-state index is 0.0236. The molecule has 27 heavy (non-hydrogen) atoms. The lowest BCUT2D eigenvalue weighted by atomic mass is 10.1. The largest absolute Gasteiger partial charge is 0.314 e. The number of rotatable bonds is 7. The smallest absolute Gasteiger partial charge is 0.218 e. The van der Waals surface area contributed by atoms with Crippen LogP contribution in [0, 0.1) is 11.6 Å². The van der Waals surface area contributed by atoms with Gasteiger partial charge < -0.3 is 5.32 Å². The molecular weight excluding hydrogens is 370 g/mol. The fourth-order valence-corrected chi connectivity index (χ4v) is 4.91. The van der Waals surface area contributed by atoms with Crippen LogP contribution in [0.3, 0.4) is 0 Å². The summed E-state index contributed by atoms with van der Waals surface area (Å²) in [5, 5.41) is 3.35. The molecule has 0 aromatic heterocycles. The van der Waals surface area contributed by atoms with Crippen LogP contribution in [-0.2, 0) is 22.2 Å². The topological polar surface area (TPSA) is 49.4 Å². The maximum Gasteiger partial charge on any atom is 0.218 e. The van der Waals surface area contributed by atoms with Crippen molar-refractivity contribution in [2.45, 2.75) is 31.1 Å². The molecule has 2 aromatic carbocycles. The van der Waals surface area contributed by atoms with E-state index in [9.17, 15) is 17.2 Å². The zero-order chi connectivity index (χ0) is 19.3. The molecule has 0 saturated carbocycles. The fourth-order valence-electron chi connectivity index (χ4n) is 3.35. The highest BCUT2D eigenvalue weighted by atomic mass is 32.2. The molecule has 0 radical (unpaired) electrons. The molecule has 1 N–H and O–H groups in total. The van der Waals surface area contributed by atoms with Gasteiger partial charge in [0.05, 0.1) is 5.75 Å². The van der Waals surface area contributed by atoms with Crippen molar-refractivity contribution in [1.29, 1.82) is 0 Å². The third kappa shape index (κ3) is 5.57. The monoisotopic (exact) mass is 394 g/mol. The van der Waals surface area contributed by atoms with E-state index in [0.29, 0.717) is 31.6 Å². The molecule has 7 heteroatoms. The Balaban J connectivity index is 1.44. The van der Waals surface area contributed by atoms with Gasteiger partial charge in [0.2, 0.25) is 10.0 Å². The minimum Gasteiger partial charge on any atom is -0.314 e.